The number of benzene rings is 1. The average molecular weight is 442 g/mol. The number of amides is 3. The lowest BCUT2D eigenvalue weighted by Crippen LogP contribution is -2.54. The van der Waals surface area contributed by atoms with Crippen LogP contribution in [0.3, 0.4) is 0 Å². The molecule has 32 heavy (non-hydrogen) atoms. The molecule has 0 bridgehead atoms. The summed E-state index contributed by atoms with van der Waals surface area (Å²) < 4.78 is 7.31. The van der Waals surface area contributed by atoms with Crippen molar-refractivity contribution < 1.29 is 19.1 Å². The molecule has 2 aliphatic rings. The lowest BCUT2D eigenvalue weighted by atomic mass is 9.92. The monoisotopic (exact) mass is 441 g/mol. The zero-order chi connectivity index (χ0) is 23.2. The second-order valence-corrected chi connectivity index (χ2v) is 9.68. The molecular weight excluding hydrogens is 410 g/mol. The molecule has 9 heteroatoms. The van der Waals surface area contributed by atoms with E-state index in [1.807, 2.05) is 40.0 Å². The normalized spacial score (nSPS) is 22.3. The third-order valence-corrected chi connectivity index (χ3v) is 6.04. The van der Waals surface area contributed by atoms with Gasteiger partial charge in [-0.05, 0) is 52.3 Å². The molecule has 2 aromatic rings. The first-order valence-electron chi connectivity index (χ1n) is 11.1. The predicted octanol–water partition coefficient (Wildman–Crippen LogP) is 2.54. The molecule has 1 N–H and O–H groups in total. The number of aromatic nitrogens is 2. The summed E-state index contributed by atoms with van der Waals surface area (Å²) in [6.07, 6.45) is 0.522. The number of piperazine rings is 1. The van der Waals surface area contributed by atoms with E-state index in [1.165, 1.54) is 0 Å². The van der Waals surface area contributed by atoms with Gasteiger partial charge in [0.05, 0.1) is 17.1 Å². The average Bonchev–Trinajstić information content (AvgIpc) is 3.02. The summed E-state index contributed by atoms with van der Waals surface area (Å²) in [4.78, 5) is 40.3. The van der Waals surface area contributed by atoms with Crippen LogP contribution in [0.5, 0.6) is 0 Å². The molecule has 0 spiro atoms. The number of anilines is 1. The van der Waals surface area contributed by atoms with Gasteiger partial charge in [-0.3, -0.25) is 19.6 Å². The van der Waals surface area contributed by atoms with Crippen molar-refractivity contribution in [1.29, 1.82) is 0 Å². The Morgan fingerprint density at radius 1 is 1.22 bits per heavy atom. The molecule has 2 fully saturated rings. The zero-order valence-corrected chi connectivity index (χ0v) is 19.3. The summed E-state index contributed by atoms with van der Waals surface area (Å²) in [6.45, 7) is 9.58. The van der Waals surface area contributed by atoms with Crippen molar-refractivity contribution in [3.63, 3.8) is 0 Å². The molecule has 0 saturated carbocycles. The number of hydrogen-bond acceptors (Lipinski definition) is 6. The largest absolute Gasteiger partial charge is 0.444 e. The molecule has 0 radical (unpaired) electrons. The van der Waals surface area contributed by atoms with Crippen LogP contribution >= 0.6 is 0 Å². The van der Waals surface area contributed by atoms with Crippen molar-refractivity contribution in [3.05, 3.63) is 23.9 Å². The first-order valence-corrected chi connectivity index (χ1v) is 11.1. The van der Waals surface area contributed by atoms with Gasteiger partial charge in [-0.15, -0.1) is 0 Å². The summed E-state index contributed by atoms with van der Waals surface area (Å²) in [5, 5.41) is 7.96. The lowest BCUT2D eigenvalue weighted by Gasteiger charge is -2.41. The molecule has 0 aliphatic carbocycles. The van der Waals surface area contributed by atoms with Crippen LogP contribution in [0.1, 0.15) is 52.1 Å². The van der Waals surface area contributed by atoms with Crippen LogP contribution in [0, 0.1) is 0 Å². The Bertz CT molecular complexity index is 1070. The minimum Gasteiger partial charge on any atom is -0.444 e. The molecule has 172 valence electrons. The SMILES string of the molecule is C[C@H]1CN(C(=O)OC(C)(C)C)CCN1c1ccc2c(C3CCC(=O)NC3=O)nn(C)c2c1. The lowest BCUT2D eigenvalue weighted by molar-refractivity contribution is -0.134. The number of ether oxygens (including phenoxy) is 1. The van der Waals surface area contributed by atoms with E-state index < -0.39 is 11.5 Å². The van der Waals surface area contributed by atoms with Gasteiger partial charge < -0.3 is 14.5 Å². The van der Waals surface area contributed by atoms with E-state index in [0.29, 0.717) is 38.2 Å². The molecule has 9 nitrogen and oxygen atoms in total. The predicted molar refractivity (Wildman–Crippen MR) is 120 cm³/mol. The van der Waals surface area contributed by atoms with Gasteiger partial charge in [-0.25, -0.2) is 4.79 Å². The van der Waals surface area contributed by atoms with E-state index in [1.54, 1.807) is 9.58 Å². The Morgan fingerprint density at radius 3 is 2.62 bits per heavy atom. The van der Waals surface area contributed by atoms with Crippen molar-refractivity contribution in [3.8, 4) is 0 Å². The van der Waals surface area contributed by atoms with E-state index in [0.717, 1.165) is 16.6 Å². The van der Waals surface area contributed by atoms with Crippen LogP contribution < -0.4 is 10.2 Å². The number of nitrogens with one attached hydrogen (secondary N) is 1. The van der Waals surface area contributed by atoms with Crippen molar-refractivity contribution in [2.75, 3.05) is 24.5 Å². The number of nitrogens with zero attached hydrogens (tertiary/aromatic N) is 4. The van der Waals surface area contributed by atoms with Gasteiger partial charge in [0.2, 0.25) is 11.8 Å². The van der Waals surface area contributed by atoms with Gasteiger partial charge in [0.15, 0.2) is 0 Å². The maximum Gasteiger partial charge on any atom is 0.410 e. The first-order chi connectivity index (χ1) is 15.0. The van der Waals surface area contributed by atoms with Crippen molar-refractivity contribution in [1.82, 2.24) is 20.0 Å². The first kappa shape index (κ1) is 22.1. The fourth-order valence-corrected chi connectivity index (χ4v) is 4.50. The molecule has 2 saturated heterocycles. The van der Waals surface area contributed by atoms with Crippen LogP contribution in [-0.4, -0.2) is 63.9 Å². The highest BCUT2D eigenvalue weighted by molar-refractivity contribution is 6.02. The molecule has 1 unspecified atom stereocenters. The van der Waals surface area contributed by atoms with E-state index in [9.17, 15) is 14.4 Å². The summed E-state index contributed by atoms with van der Waals surface area (Å²) in [5.74, 6) is -0.927. The van der Waals surface area contributed by atoms with Gasteiger partial charge in [-0.1, -0.05) is 0 Å². The Kier molecular flexibility index (Phi) is 5.60. The molecule has 3 amide bonds. The molecule has 4 rings (SSSR count). The number of piperidine rings is 1. The molecule has 2 aliphatic heterocycles. The highest BCUT2D eigenvalue weighted by Gasteiger charge is 2.33. The molecule has 3 heterocycles. The summed E-state index contributed by atoms with van der Waals surface area (Å²) >= 11 is 0. The van der Waals surface area contributed by atoms with Gasteiger partial charge in [0, 0.05) is 50.2 Å². The van der Waals surface area contributed by atoms with E-state index in [-0.39, 0.29) is 23.9 Å². The maximum atomic E-state index is 12.4. The zero-order valence-electron chi connectivity index (χ0n) is 19.3. The number of carbonyl (C=O) groups excluding carboxylic acids is 3. The maximum absolute atomic E-state index is 12.4. The Hall–Kier alpha value is -3.10. The quantitative estimate of drug-likeness (QED) is 0.720. The third kappa shape index (κ3) is 4.28. The Balaban J connectivity index is 1.54. The van der Waals surface area contributed by atoms with Crippen molar-refractivity contribution in [2.24, 2.45) is 7.05 Å². The number of hydrogen-bond donors (Lipinski definition) is 1. The minimum absolute atomic E-state index is 0.122. The highest BCUT2D eigenvalue weighted by atomic mass is 16.6. The topological polar surface area (TPSA) is 96.8 Å². The summed E-state index contributed by atoms with van der Waals surface area (Å²) in [6, 6.07) is 6.25. The summed E-state index contributed by atoms with van der Waals surface area (Å²) in [5.41, 5.74) is 2.18. The number of fused-ring (bicyclic) bond motifs is 1. The minimum atomic E-state index is -0.512. The fourth-order valence-electron chi connectivity index (χ4n) is 4.50. The van der Waals surface area contributed by atoms with Crippen LogP contribution in [0.25, 0.3) is 10.9 Å². The Labute approximate surface area is 187 Å². The second kappa shape index (κ2) is 8.11. The van der Waals surface area contributed by atoms with Crippen molar-refractivity contribution >= 4 is 34.5 Å². The molecule has 1 aromatic heterocycles. The molecule has 2 atom stereocenters. The number of imide groups is 1. The number of aryl methyl sites for hydroxylation is 1. The second-order valence-electron chi connectivity index (χ2n) is 9.68. The Morgan fingerprint density at radius 2 is 1.97 bits per heavy atom. The van der Waals surface area contributed by atoms with E-state index in [2.05, 4.69) is 28.3 Å². The summed E-state index contributed by atoms with van der Waals surface area (Å²) in [7, 11) is 1.87. The third-order valence-electron chi connectivity index (χ3n) is 6.04. The molecule has 1 aromatic carbocycles. The van der Waals surface area contributed by atoms with Gasteiger partial charge in [-0.2, -0.15) is 5.10 Å². The fraction of sp³-hybridized carbons (Fsp3) is 0.565. The van der Waals surface area contributed by atoms with Crippen molar-refractivity contribution in [2.45, 2.75) is 58.1 Å². The standard InChI is InChI=1S/C23H31N5O4/c1-14-13-27(22(31)32-23(2,3)4)10-11-28(14)15-6-7-16-18(12-15)26(5)25-20(16)17-8-9-19(29)24-21(17)30/h6-7,12,14,17H,8-11,13H2,1-5H3,(H,24,29,30)/t14-,17?/m0/s1. The van der Waals surface area contributed by atoms with E-state index in [4.69, 9.17) is 4.74 Å². The number of rotatable bonds is 2. The highest BCUT2D eigenvalue weighted by Crippen LogP contribution is 2.33. The van der Waals surface area contributed by atoms with Crippen LogP contribution in [0.15, 0.2) is 18.2 Å². The smallest absolute Gasteiger partial charge is 0.410 e. The van der Waals surface area contributed by atoms with Crippen LogP contribution in [0.2, 0.25) is 0 Å². The van der Waals surface area contributed by atoms with E-state index >= 15 is 0 Å². The van der Waals surface area contributed by atoms with Crippen LogP contribution in [0.4, 0.5) is 10.5 Å². The van der Waals surface area contributed by atoms with Gasteiger partial charge >= 0.3 is 6.09 Å². The molecular formula is C23H31N5O4. The number of carbonyl (C=O) groups is 3. The van der Waals surface area contributed by atoms with Gasteiger partial charge in [0.25, 0.3) is 0 Å². The van der Waals surface area contributed by atoms with Crippen LogP contribution in [-0.2, 0) is 21.4 Å². The van der Waals surface area contributed by atoms with Gasteiger partial charge in [0.1, 0.15) is 5.60 Å².